The lowest BCUT2D eigenvalue weighted by Gasteiger charge is -2.11. The number of hydrogen-bond donors (Lipinski definition) is 1. The largest absolute Gasteiger partial charge is 0.496 e. The van der Waals surface area contributed by atoms with Crippen molar-refractivity contribution >= 4 is 11.9 Å². The van der Waals surface area contributed by atoms with Crippen LogP contribution in [-0.4, -0.2) is 13.3 Å². The molecular weight excluding hydrogens is 350 g/mol. The van der Waals surface area contributed by atoms with Crippen LogP contribution in [0.4, 0.5) is 14.5 Å². The Morgan fingerprint density at radius 2 is 1.74 bits per heavy atom. The summed E-state index contributed by atoms with van der Waals surface area (Å²) >= 11 is 0. The molecule has 0 saturated carbocycles. The van der Waals surface area contributed by atoms with Gasteiger partial charge < -0.3 is 9.47 Å². The number of benzene rings is 3. The number of nitrogens with one attached hydrogen (secondary N) is 1. The van der Waals surface area contributed by atoms with Gasteiger partial charge in [-0.2, -0.15) is 5.10 Å². The summed E-state index contributed by atoms with van der Waals surface area (Å²) in [6, 6.07) is 18.2. The summed E-state index contributed by atoms with van der Waals surface area (Å²) in [5.41, 5.74) is 5.34. The fourth-order valence-corrected chi connectivity index (χ4v) is 2.43. The molecule has 0 unspecified atom stereocenters. The van der Waals surface area contributed by atoms with Crippen molar-refractivity contribution in [3.05, 3.63) is 89.5 Å². The van der Waals surface area contributed by atoms with E-state index in [1.807, 2.05) is 42.5 Å². The zero-order chi connectivity index (χ0) is 19.1. The third kappa shape index (κ3) is 5.04. The minimum atomic E-state index is -0.751. The maximum absolute atomic E-state index is 13.7. The molecule has 0 atom stereocenters. The van der Waals surface area contributed by atoms with Gasteiger partial charge in [-0.1, -0.05) is 18.2 Å². The molecule has 138 valence electrons. The maximum Gasteiger partial charge on any atom is 0.167 e. The molecule has 0 spiro atoms. The summed E-state index contributed by atoms with van der Waals surface area (Å²) < 4.78 is 37.5. The standard InChI is InChI=1S/C21H18F2N2O2/c1-26-20-9-7-15(13-24-25-18-5-3-2-4-6-18)11-16(20)14-27-21-10-8-17(22)12-19(21)23/h2-13,25H,14H2,1H3/b24-13-. The van der Waals surface area contributed by atoms with Gasteiger partial charge in [-0.25, -0.2) is 8.78 Å². The Bertz CT molecular complexity index is 931. The highest BCUT2D eigenvalue weighted by Crippen LogP contribution is 2.24. The van der Waals surface area contributed by atoms with Crippen LogP contribution in [0.1, 0.15) is 11.1 Å². The van der Waals surface area contributed by atoms with E-state index in [-0.39, 0.29) is 12.4 Å². The third-order valence-electron chi connectivity index (χ3n) is 3.76. The average Bonchev–Trinajstić information content (AvgIpc) is 2.68. The van der Waals surface area contributed by atoms with Crippen molar-refractivity contribution in [3.8, 4) is 11.5 Å². The molecule has 6 heteroatoms. The summed E-state index contributed by atoms with van der Waals surface area (Å²) in [5, 5.41) is 4.19. The van der Waals surface area contributed by atoms with Crippen LogP contribution in [0.5, 0.6) is 11.5 Å². The molecule has 4 nitrogen and oxygen atoms in total. The minimum Gasteiger partial charge on any atom is -0.496 e. The van der Waals surface area contributed by atoms with Crippen molar-refractivity contribution in [2.45, 2.75) is 6.61 Å². The second-order valence-electron chi connectivity index (χ2n) is 5.67. The molecule has 0 radical (unpaired) electrons. The van der Waals surface area contributed by atoms with E-state index in [1.54, 1.807) is 19.4 Å². The second-order valence-corrected chi connectivity index (χ2v) is 5.67. The molecule has 27 heavy (non-hydrogen) atoms. The Morgan fingerprint density at radius 1 is 0.963 bits per heavy atom. The van der Waals surface area contributed by atoms with Crippen LogP contribution < -0.4 is 14.9 Å². The van der Waals surface area contributed by atoms with Gasteiger partial charge in [0.05, 0.1) is 19.0 Å². The van der Waals surface area contributed by atoms with E-state index < -0.39 is 11.6 Å². The number of halogens is 2. The van der Waals surface area contributed by atoms with Gasteiger partial charge in [0.1, 0.15) is 18.2 Å². The molecule has 0 amide bonds. The Balaban J connectivity index is 1.71. The first-order valence-corrected chi connectivity index (χ1v) is 8.24. The fraction of sp³-hybridized carbons (Fsp3) is 0.0952. The van der Waals surface area contributed by atoms with E-state index in [0.717, 1.165) is 23.4 Å². The molecule has 0 aliphatic heterocycles. The van der Waals surface area contributed by atoms with Gasteiger partial charge in [0.25, 0.3) is 0 Å². The van der Waals surface area contributed by atoms with E-state index in [1.165, 1.54) is 6.07 Å². The van der Waals surface area contributed by atoms with E-state index in [4.69, 9.17) is 9.47 Å². The van der Waals surface area contributed by atoms with Crippen LogP contribution in [0.25, 0.3) is 0 Å². The Kier molecular flexibility index (Phi) is 5.99. The highest BCUT2D eigenvalue weighted by Gasteiger charge is 2.09. The second kappa shape index (κ2) is 8.80. The lowest BCUT2D eigenvalue weighted by atomic mass is 10.1. The van der Waals surface area contributed by atoms with Gasteiger partial charge in [-0.3, -0.25) is 5.43 Å². The van der Waals surface area contributed by atoms with Crippen molar-refractivity contribution in [2.24, 2.45) is 5.10 Å². The topological polar surface area (TPSA) is 42.8 Å². The Labute approximate surface area is 156 Å². The normalized spacial score (nSPS) is 10.8. The molecule has 1 N–H and O–H groups in total. The van der Waals surface area contributed by atoms with Crippen LogP contribution in [0.2, 0.25) is 0 Å². The first-order valence-electron chi connectivity index (χ1n) is 8.24. The van der Waals surface area contributed by atoms with Crippen LogP contribution in [0.3, 0.4) is 0 Å². The van der Waals surface area contributed by atoms with Gasteiger partial charge in [-0.15, -0.1) is 0 Å². The number of hydrazone groups is 1. The number of ether oxygens (including phenoxy) is 2. The van der Waals surface area contributed by atoms with Gasteiger partial charge in [0.2, 0.25) is 0 Å². The summed E-state index contributed by atoms with van der Waals surface area (Å²) in [4.78, 5) is 0. The van der Waals surface area contributed by atoms with Gasteiger partial charge in [-0.05, 0) is 48.0 Å². The maximum atomic E-state index is 13.7. The van der Waals surface area contributed by atoms with E-state index in [2.05, 4.69) is 10.5 Å². The number of nitrogens with zero attached hydrogens (tertiary/aromatic N) is 1. The van der Waals surface area contributed by atoms with Crippen LogP contribution in [0.15, 0.2) is 71.8 Å². The van der Waals surface area contributed by atoms with Crippen molar-refractivity contribution in [3.63, 3.8) is 0 Å². The molecule has 3 aromatic carbocycles. The highest BCUT2D eigenvalue weighted by atomic mass is 19.1. The fourth-order valence-electron chi connectivity index (χ4n) is 2.43. The first kappa shape index (κ1) is 18.4. The van der Waals surface area contributed by atoms with E-state index in [0.29, 0.717) is 11.3 Å². The molecular formula is C21H18F2N2O2. The minimum absolute atomic E-state index is 0.0248. The molecule has 0 fully saturated rings. The highest BCUT2D eigenvalue weighted by molar-refractivity contribution is 5.81. The molecule has 0 aliphatic rings. The van der Waals surface area contributed by atoms with Crippen molar-refractivity contribution in [2.75, 3.05) is 12.5 Å². The number of hydrogen-bond acceptors (Lipinski definition) is 4. The third-order valence-corrected chi connectivity index (χ3v) is 3.76. The summed E-state index contributed by atoms with van der Waals surface area (Å²) in [6.07, 6.45) is 1.66. The number of anilines is 1. The Morgan fingerprint density at radius 3 is 2.48 bits per heavy atom. The van der Waals surface area contributed by atoms with Gasteiger partial charge in [0.15, 0.2) is 11.6 Å². The first-order chi connectivity index (χ1) is 13.2. The molecule has 3 aromatic rings. The van der Waals surface area contributed by atoms with Crippen molar-refractivity contribution in [1.29, 1.82) is 0 Å². The smallest absolute Gasteiger partial charge is 0.167 e. The lowest BCUT2D eigenvalue weighted by Crippen LogP contribution is -2.01. The lowest BCUT2D eigenvalue weighted by molar-refractivity contribution is 0.282. The van der Waals surface area contributed by atoms with Crippen molar-refractivity contribution in [1.82, 2.24) is 0 Å². The SMILES string of the molecule is COc1ccc(/C=N\Nc2ccccc2)cc1COc1ccc(F)cc1F. The Hall–Kier alpha value is -3.41. The molecule has 0 aliphatic carbocycles. The van der Waals surface area contributed by atoms with Crippen molar-refractivity contribution < 1.29 is 18.3 Å². The number of para-hydroxylation sites is 1. The monoisotopic (exact) mass is 368 g/mol. The molecule has 3 rings (SSSR count). The van der Waals surface area contributed by atoms with Gasteiger partial charge >= 0.3 is 0 Å². The zero-order valence-electron chi connectivity index (χ0n) is 14.7. The molecule has 0 saturated heterocycles. The van der Waals surface area contributed by atoms with E-state index >= 15 is 0 Å². The quantitative estimate of drug-likeness (QED) is 0.471. The van der Waals surface area contributed by atoms with E-state index in [9.17, 15) is 8.78 Å². The molecule has 0 aromatic heterocycles. The van der Waals surface area contributed by atoms with Gasteiger partial charge in [0, 0.05) is 11.6 Å². The summed E-state index contributed by atoms with van der Waals surface area (Å²) in [7, 11) is 1.54. The number of rotatable bonds is 7. The zero-order valence-corrected chi connectivity index (χ0v) is 14.7. The summed E-state index contributed by atoms with van der Waals surface area (Å²) in [6.45, 7) is 0.0690. The average molecular weight is 368 g/mol. The molecule has 0 bridgehead atoms. The van der Waals surface area contributed by atoms with Crippen LogP contribution >= 0.6 is 0 Å². The number of methoxy groups -OCH3 is 1. The predicted molar refractivity (Wildman–Crippen MR) is 101 cm³/mol. The molecule has 0 heterocycles. The van der Waals surface area contributed by atoms with Crippen LogP contribution in [0, 0.1) is 11.6 Å². The summed E-state index contributed by atoms with van der Waals surface area (Å²) in [5.74, 6) is -0.825. The predicted octanol–water partition coefficient (Wildman–Crippen LogP) is 5.00. The van der Waals surface area contributed by atoms with Crippen LogP contribution in [-0.2, 0) is 6.61 Å².